The minimum absolute atomic E-state index is 0.0270. The van der Waals surface area contributed by atoms with Crippen LogP contribution in [-0.4, -0.2) is 38.9 Å². The third kappa shape index (κ3) is 4.42. The lowest BCUT2D eigenvalue weighted by Gasteiger charge is -2.12. The Morgan fingerprint density at radius 2 is 1.85 bits per heavy atom. The van der Waals surface area contributed by atoms with Gasteiger partial charge in [-0.25, -0.2) is 8.42 Å². The van der Waals surface area contributed by atoms with Crippen molar-refractivity contribution in [1.29, 1.82) is 0 Å². The van der Waals surface area contributed by atoms with Gasteiger partial charge in [0.2, 0.25) is 0 Å². The molecule has 112 valence electrons. The monoisotopic (exact) mass is 298 g/mol. The van der Waals surface area contributed by atoms with E-state index in [4.69, 9.17) is 4.74 Å². The second kappa shape index (κ2) is 7.55. The van der Waals surface area contributed by atoms with Crippen LogP contribution in [0.1, 0.15) is 36.2 Å². The Labute approximate surface area is 121 Å². The summed E-state index contributed by atoms with van der Waals surface area (Å²) in [6.45, 7) is 3.86. The lowest BCUT2D eigenvalue weighted by atomic mass is 10.1. The molecule has 0 amide bonds. The Kier molecular flexibility index (Phi) is 6.36. The summed E-state index contributed by atoms with van der Waals surface area (Å²) in [6.07, 6.45) is 1.30. The molecule has 0 aliphatic carbocycles. The summed E-state index contributed by atoms with van der Waals surface area (Å²) in [5.74, 6) is -0.370. The molecule has 4 nitrogen and oxygen atoms in total. The molecule has 0 saturated heterocycles. The highest BCUT2D eigenvalue weighted by Gasteiger charge is 2.28. The molecule has 1 atom stereocenters. The maximum atomic E-state index is 12.2. The molecule has 1 unspecified atom stereocenters. The number of carbonyl (C=O) groups excluding carboxylic acids is 1. The number of Topliss-reactive ketones (excluding diaryl/α,β-unsaturated/α-hetero) is 1. The topological polar surface area (TPSA) is 60.4 Å². The summed E-state index contributed by atoms with van der Waals surface area (Å²) in [6, 6.07) is 7.11. The number of ether oxygens (including phenoxy) is 1. The summed E-state index contributed by atoms with van der Waals surface area (Å²) in [5, 5.41) is -1.01. The second-order valence-electron chi connectivity index (χ2n) is 4.77. The first kappa shape index (κ1) is 16.9. The highest BCUT2D eigenvalue weighted by molar-refractivity contribution is 7.92. The van der Waals surface area contributed by atoms with E-state index in [1.807, 2.05) is 19.1 Å². The predicted octanol–water partition coefficient (Wildman–Crippen LogP) is 2.27. The molecule has 0 bridgehead atoms. The van der Waals surface area contributed by atoms with Crippen molar-refractivity contribution in [2.75, 3.05) is 19.5 Å². The largest absolute Gasteiger partial charge is 0.385 e. The molecule has 0 radical (unpaired) electrons. The Morgan fingerprint density at radius 3 is 2.35 bits per heavy atom. The van der Waals surface area contributed by atoms with Crippen LogP contribution in [0.4, 0.5) is 0 Å². The van der Waals surface area contributed by atoms with Crippen molar-refractivity contribution in [2.45, 2.75) is 31.9 Å². The summed E-state index contributed by atoms with van der Waals surface area (Å²) in [5.41, 5.74) is 1.57. The van der Waals surface area contributed by atoms with Crippen LogP contribution >= 0.6 is 0 Å². The number of hydrogen-bond acceptors (Lipinski definition) is 4. The average Bonchev–Trinajstić information content (AvgIpc) is 2.46. The molecule has 1 aromatic carbocycles. The van der Waals surface area contributed by atoms with Crippen molar-refractivity contribution >= 4 is 15.6 Å². The molecule has 20 heavy (non-hydrogen) atoms. The van der Waals surface area contributed by atoms with E-state index in [-0.39, 0.29) is 11.5 Å². The van der Waals surface area contributed by atoms with Gasteiger partial charge in [-0.3, -0.25) is 4.79 Å². The number of methoxy groups -OCH3 is 1. The van der Waals surface area contributed by atoms with Gasteiger partial charge in [0.05, 0.1) is 5.75 Å². The molecule has 0 fully saturated rings. The Hall–Kier alpha value is -1.20. The third-order valence-corrected chi connectivity index (χ3v) is 5.48. The molecule has 0 aliphatic rings. The zero-order chi connectivity index (χ0) is 15.2. The summed E-state index contributed by atoms with van der Waals surface area (Å²) >= 11 is 0. The lowest BCUT2D eigenvalue weighted by Crippen LogP contribution is -2.30. The zero-order valence-corrected chi connectivity index (χ0v) is 13.1. The third-order valence-electron chi connectivity index (χ3n) is 3.33. The highest BCUT2D eigenvalue weighted by atomic mass is 32.2. The molecule has 1 aromatic rings. The van der Waals surface area contributed by atoms with Crippen molar-refractivity contribution in [3.8, 4) is 0 Å². The minimum atomic E-state index is -3.43. The SMILES string of the molecule is CCc1ccc(C(=O)C(C)S(=O)(=O)CCCOC)cc1. The summed E-state index contributed by atoms with van der Waals surface area (Å²) in [4.78, 5) is 12.2. The smallest absolute Gasteiger partial charge is 0.180 e. The Bertz CT molecular complexity index is 531. The zero-order valence-electron chi connectivity index (χ0n) is 12.3. The van der Waals surface area contributed by atoms with E-state index in [2.05, 4.69) is 0 Å². The minimum Gasteiger partial charge on any atom is -0.385 e. The van der Waals surface area contributed by atoms with E-state index >= 15 is 0 Å². The van der Waals surface area contributed by atoms with Gasteiger partial charge in [0.1, 0.15) is 5.25 Å². The predicted molar refractivity (Wildman–Crippen MR) is 79.9 cm³/mol. The normalized spacial score (nSPS) is 13.2. The Balaban J connectivity index is 2.79. The first-order valence-electron chi connectivity index (χ1n) is 6.76. The van der Waals surface area contributed by atoms with Crippen molar-refractivity contribution in [3.63, 3.8) is 0 Å². The van der Waals surface area contributed by atoms with Gasteiger partial charge < -0.3 is 4.74 Å². The van der Waals surface area contributed by atoms with Crippen LogP contribution in [0.15, 0.2) is 24.3 Å². The molecule has 0 aliphatic heterocycles. The number of hydrogen-bond donors (Lipinski definition) is 0. The number of carbonyl (C=O) groups is 1. The van der Waals surface area contributed by atoms with Gasteiger partial charge in [-0.05, 0) is 25.3 Å². The molecule has 5 heteroatoms. The summed E-state index contributed by atoms with van der Waals surface area (Å²) in [7, 11) is -1.90. The fraction of sp³-hybridized carbons (Fsp3) is 0.533. The first-order valence-corrected chi connectivity index (χ1v) is 8.47. The molecule has 0 saturated carbocycles. The lowest BCUT2D eigenvalue weighted by molar-refractivity contribution is 0.0991. The molecule has 0 heterocycles. The van der Waals surface area contributed by atoms with E-state index in [1.165, 1.54) is 14.0 Å². The molecule has 0 spiro atoms. The number of benzene rings is 1. The van der Waals surface area contributed by atoms with E-state index in [1.54, 1.807) is 12.1 Å². The van der Waals surface area contributed by atoms with Gasteiger partial charge in [-0.15, -0.1) is 0 Å². The van der Waals surface area contributed by atoms with Crippen molar-refractivity contribution in [1.82, 2.24) is 0 Å². The van der Waals surface area contributed by atoms with Crippen LogP contribution in [0.2, 0.25) is 0 Å². The van der Waals surface area contributed by atoms with E-state index in [0.717, 1.165) is 12.0 Å². The second-order valence-corrected chi connectivity index (χ2v) is 7.21. The van der Waals surface area contributed by atoms with E-state index < -0.39 is 15.1 Å². The van der Waals surface area contributed by atoms with Crippen LogP contribution in [0.25, 0.3) is 0 Å². The molecule has 1 rings (SSSR count). The average molecular weight is 298 g/mol. The van der Waals surface area contributed by atoms with Crippen molar-refractivity contribution in [2.24, 2.45) is 0 Å². The van der Waals surface area contributed by atoms with Gasteiger partial charge in [0.15, 0.2) is 15.6 Å². The Morgan fingerprint density at radius 1 is 1.25 bits per heavy atom. The van der Waals surface area contributed by atoms with Crippen LogP contribution in [0.3, 0.4) is 0 Å². The van der Waals surface area contributed by atoms with Crippen LogP contribution in [-0.2, 0) is 21.0 Å². The van der Waals surface area contributed by atoms with Gasteiger partial charge in [-0.1, -0.05) is 31.2 Å². The van der Waals surface area contributed by atoms with Gasteiger partial charge in [0, 0.05) is 19.3 Å². The molecule has 0 N–H and O–H groups in total. The standard InChI is InChI=1S/C15H22O4S/c1-4-13-6-8-14(9-7-13)15(16)12(2)20(17,18)11-5-10-19-3/h6-9,12H,4-5,10-11H2,1-3H3. The number of ketones is 1. The van der Waals surface area contributed by atoms with Gasteiger partial charge in [-0.2, -0.15) is 0 Å². The van der Waals surface area contributed by atoms with E-state index in [9.17, 15) is 13.2 Å². The molecular weight excluding hydrogens is 276 g/mol. The highest BCUT2D eigenvalue weighted by Crippen LogP contribution is 2.13. The van der Waals surface area contributed by atoms with Gasteiger partial charge >= 0.3 is 0 Å². The van der Waals surface area contributed by atoms with Crippen LogP contribution < -0.4 is 0 Å². The van der Waals surface area contributed by atoms with Crippen LogP contribution in [0, 0.1) is 0 Å². The van der Waals surface area contributed by atoms with Crippen molar-refractivity contribution < 1.29 is 17.9 Å². The molecule has 0 aromatic heterocycles. The van der Waals surface area contributed by atoms with Crippen LogP contribution in [0.5, 0.6) is 0 Å². The number of aryl methyl sites for hydroxylation is 1. The maximum Gasteiger partial charge on any atom is 0.180 e. The fourth-order valence-electron chi connectivity index (χ4n) is 1.88. The quantitative estimate of drug-likeness (QED) is 0.545. The summed E-state index contributed by atoms with van der Waals surface area (Å²) < 4.78 is 29.0. The maximum absolute atomic E-state index is 12.2. The first-order chi connectivity index (χ1) is 9.42. The van der Waals surface area contributed by atoms with Gasteiger partial charge in [0.25, 0.3) is 0 Å². The fourth-order valence-corrected chi connectivity index (χ4v) is 3.22. The molecular formula is C15H22O4S. The number of rotatable bonds is 8. The number of sulfone groups is 1. The van der Waals surface area contributed by atoms with Crippen molar-refractivity contribution in [3.05, 3.63) is 35.4 Å². The van der Waals surface area contributed by atoms with E-state index in [0.29, 0.717) is 18.6 Å².